The Kier molecular flexibility index (Phi) is 7.70. The second-order valence-corrected chi connectivity index (χ2v) is 11.2. The van der Waals surface area contributed by atoms with Crippen LogP contribution in [0.15, 0.2) is 5.38 Å². The molecule has 4 heterocycles. The summed E-state index contributed by atoms with van der Waals surface area (Å²) in [4.78, 5) is 39.3. The largest absolute Gasteiger partial charge is 0.369 e. The van der Waals surface area contributed by atoms with Gasteiger partial charge >= 0.3 is 0 Å². The molecule has 3 aliphatic rings. The van der Waals surface area contributed by atoms with Crippen LogP contribution in [0.1, 0.15) is 69.8 Å². The Morgan fingerprint density at radius 1 is 1.06 bits per heavy atom. The van der Waals surface area contributed by atoms with E-state index in [4.69, 9.17) is 9.97 Å². The lowest BCUT2D eigenvalue weighted by Gasteiger charge is -2.36. The van der Waals surface area contributed by atoms with E-state index in [1.54, 1.807) is 11.3 Å². The number of hydrogen-bond donors (Lipinski definition) is 2. The highest BCUT2D eigenvalue weighted by molar-refractivity contribution is 7.17. The van der Waals surface area contributed by atoms with Gasteiger partial charge in [-0.05, 0) is 43.0 Å². The molecule has 0 spiro atoms. The van der Waals surface area contributed by atoms with E-state index in [0.29, 0.717) is 44.9 Å². The van der Waals surface area contributed by atoms with Crippen LogP contribution < -0.4 is 15.5 Å². The van der Waals surface area contributed by atoms with Crippen LogP contribution in [0, 0.1) is 12.8 Å². The van der Waals surface area contributed by atoms with Crippen molar-refractivity contribution < 1.29 is 9.59 Å². The molecule has 2 aliphatic heterocycles. The molecule has 190 valence electrons. The first-order valence-electron chi connectivity index (χ1n) is 13.4. The van der Waals surface area contributed by atoms with E-state index in [1.165, 1.54) is 56.9 Å². The van der Waals surface area contributed by atoms with Gasteiger partial charge < -0.3 is 20.4 Å². The van der Waals surface area contributed by atoms with E-state index >= 15 is 0 Å². The van der Waals surface area contributed by atoms with Gasteiger partial charge in [-0.2, -0.15) is 4.98 Å². The summed E-state index contributed by atoms with van der Waals surface area (Å²) in [6.07, 6.45) is 11.8. The highest BCUT2D eigenvalue weighted by Crippen LogP contribution is 2.32. The van der Waals surface area contributed by atoms with E-state index in [-0.39, 0.29) is 17.9 Å². The number of fused-ring (bicyclic) bond motifs is 1. The molecule has 9 heteroatoms. The summed E-state index contributed by atoms with van der Waals surface area (Å²) >= 11 is 1.68. The zero-order chi connectivity index (χ0) is 24.2. The van der Waals surface area contributed by atoms with Gasteiger partial charge in [0.1, 0.15) is 16.7 Å². The number of carbonyl (C=O) groups excluding carboxylic acids is 2. The standard InChI is InChI=1S/C26H38N6O2S/c1-18-17-35-24-22(18)23(27-16-19-8-6-4-2-3-5-7-9-19)29-26(30-24)32-14-12-31(13-15-32)25(34)20-10-11-21(33)28-20/h17,19-20H,2-16H2,1H3,(H,28,33)(H,27,29,30)/t20-/m1/s1. The van der Waals surface area contributed by atoms with Crippen molar-refractivity contribution in [3.05, 3.63) is 10.9 Å². The van der Waals surface area contributed by atoms with Crippen LogP contribution >= 0.6 is 11.3 Å². The molecule has 1 aliphatic carbocycles. The maximum Gasteiger partial charge on any atom is 0.245 e. The van der Waals surface area contributed by atoms with Crippen LogP contribution in [-0.2, 0) is 9.59 Å². The lowest BCUT2D eigenvalue weighted by atomic mass is 9.97. The maximum atomic E-state index is 12.8. The maximum absolute atomic E-state index is 12.8. The average Bonchev–Trinajstić information content (AvgIpc) is 3.51. The van der Waals surface area contributed by atoms with Crippen LogP contribution in [0.2, 0.25) is 0 Å². The number of nitrogens with zero attached hydrogens (tertiary/aromatic N) is 4. The molecule has 2 N–H and O–H groups in total. The summed E-state index contributed by atoms with van der Waals surface area (Å²) in [5, 5.41) is 9.84. The number of aryl methyl sites for hydroxylation is 1. The van der Waals surface area contributed by atoms with Gasteiger partial charge in [-0.25, -0.2) is 4.98 Å². The van der Waals surface area contributed by atoms with Gasteiger partial charge in [-0.3, -0.25) is 9.59 Å². The molecule has 8 nitrogen and oxygen atoms in total. The molecule has 35 heavy (non-hydrogen) atoms. The van der Waals surface area contributed by atoms with Crippen molar-refractivity contribution in [1.82, 2.24) is 20.2 Å². The third-order valence-corrected chi connectivity index (χ3v) is 8.80. The third-order valence-electron chi connectivity index (χ3n) is 7.81. The van der Waals surface area contributed by atoms with E-state index in [2.05, 4.69) is 27.8 Å². The van der Waals surface area contributed by atoms with E-state index in [9.17, 15) is 9.59 Å². The van der Waals surface area contributed by atoms with Crippen molar-refractivity contribution >= 4 is 45.1 Å². The lowest BCUT2D eigenvalue weighted by molar-refractivity contribution is -0.134. The molecule has 0 bridgehead atoms. The topological polar surface area (TPSA) is 90.5 Å². The fourth-order valence-electron chi connectivity index (χ4n) is 5.65. The molecule has 2 aromatic heterocycles. The summed E-state index contributed by atoms with van der Waals surface area (Å²) in [6.45, 7) is 5.76. The number of thiophene rings is 1. The smallest absolute Gasteiger partial charge is 0.245 e. The van der Waals surface area contributed by atoms with E-state index in [0.717, 1.165) is 28.5 Å². The predicted octanol–water partition coefficient (Wildman–Crippen LogP) is 4.09. The predicted molar refractivity (Wildman–Crippen MR) is 141 cm³/mol. The van der Waals surface area contributed by atoms with Crippen LogP contribution in [-0.4, -0.2) is 65.4 Å². The first kappa shape index (κ1) is 24.3. The Bertz CT molecular complexity index is 1040. The molecule has 3 fully saturated rings. The van der Waals surface area contributed by atoms with Gasteiger partial charge in [0.05, 0.1) is 5.39 Å². The number of anilines is 2. The van der Waals surface area contributed by atoms with Crippen molar-refractivity contribution in [2.75, 3.05) is 42.9 Å². The third kappa shape index (κ3) is 5.71. The van der Waals surface area contributed by atoms with Crippen LogP contribution in [0.4, 0.5) is 11.8 Å². The number of nitrogens with one attached hydrogen (secondary N) is 2. The van der Waals surface area contributed by atoms with Crippen molar-refractivity contribution in [3.8, 4) is 0 Å². The molecule has 5 rings (SSSR count). The first-order valence-corrected chi connectivity index (χ1v) is 14.3. The SMILES string of the molecule is Cc1csc2nc(N3CCN(C(=O)[C@H]4CCC(=O)N4)CC3)nc(NCC3CCCCCCCC3)c12. The molecule has 1 saturated carbocycles. The summed E-state index contributed by atoms with van der Waals surface area (Å²) in [5.74, 6) is 2.42. The number of hydrogen-bond acceptors (Lipinski definition) is 7. The average molecular weight is 499 g/mol. The molecular formula is C26H38N6O2S. The van der Waals surface area contributed by atoms with Crippen molar-refractivity contribution in [2.24, 2.45) is 5.92 Å². The van der Waals surface area contributed by atoms with Crippen LogP contribution in [0.25, 0.3) is 10.2 Å². The minimum Gasteiger partial charge on any atom is -0.369 e. The van der Waals surface area contributed by atoms with Gasteiger partial charge in [0.15, 0.2) is 0 Å². The summed E-state index contributed by atoms with van der Waals surface area (Å²) < 4.78 is 0. The monoisotopic (exact) mass is 498 g/mol. The van der Waals surface area contributed by atoms with Crippen LogP contribution in [0.5, 0.6) is 0 Å². The van der Waals surface area contributed by atoms with Gasteiger partial charge in [0.25, 0.3) is 0 Å². The van der Waals surface area contributed by atoms with Gasteiger partial charge in [0.2, 0.25) is 17.8 Å². The quantitative estimate of drug-likeness (QED) is 0.645. The number of rotatable bonds is 5. The number of amides is 2. The number of carbonyl (C=O) groups is 2. The second-order valence-electron chi connectivity index (χ2n) is 10.4. The molecule has 0 aromatic carbocycles. The van der Waals surface area contributed by atoms with Gasteiger partial charge in [-0.1, -0.05) is 38.5 Å². The number of aromatic nitrogens is 2. The Morgan fingerprint density at radius 3 is 2.46 bits per heavy atom. The molecular weight excluding hydrogens is 460 g/mol. The Morgan fingerprint density at radius 2 is 1.77 bits per heavy atom. The number of piperazine rings is 1. The first-order chi connectivity index (χ1) is 17.1. The zero-order valence-corrected chi connectivity index (χ0v) is 21.7. The van der Waals surface area contributed by atoms with Crippen molar-refractivity contribution in [3.63, 3.8) is 0 Å². The molecule has 1 atom stereocenters. The second kappa shape index (κ2) is 11.1. The van der Waals surface area contributed by atoms with Crippen molar-refractivity contribution in [1.29, 1.82) is 0 Å². The summed E-state index contributed by atoms with van der Waals surface area (Å²) in [6, 6.07) is -0.357. The van der Waals surface area contributed by atoms with E-state index in [1.807, 2.05) is 4.90 Å². The molecule has 2 amide bonds. The Balaban J connectivity index is 1.26. The zero-order valence-electron chi connectivity index (χ0n) is 20.9. The fraction of sp³-hybridized carbons (Fsp3) is 0.692. The highest BCUT2D eigenvalue weighted by Gasteiger charge is 2.33. The fourth-order valence-corrected chi connectivity index (χ4v) is 6.57. The van der Waals surface area contributed by atoms with E-state index < -0.39 is 0 Å². The van der Waals surface area contributed by atoms with Gasteiger partial charge in [-0.15, -0.1) is 11.3 Å². The Hall–Kier alpha value is -2.42. The summed E-state index contributed by atoms with van der Waals surface area (Å²) in [5.41, 5.74) is 1.22. The van der Waals surface area contributed by atoms with Crippen LogP contribution in [0.3, 0.4) is 0 Å². The normalized spacial score (nSPS) is 22.5. The highest BCUT2D eigenvalue weighted by atomic mass is 32.1. The molecule has 2 saturated heterocycles. The lowest BCUT2D eigenvalue weighted by Crippen LogP contribution is -2.53. The molecule has 2 aromatic rings. The van der Waals surface area contributed by atoms with Crippen molar-refractivity contribution in [2.45, 2.75) is 77.2 Å². The minimum atomic E-state index is -0.357. The van der Waals surface area contributed by atoms with Gasteiger partial charge in [0, 0.05) is 39.1 Å². The minimum absolute atomic E-state index is 0.0232. The molecule has 0 unspecified atom stereocenters. The summed E-state index contributed by atoms with van der Waals surface area (Å²) in [7, 11) is 0. The molecule has 0 radical (unpaired) electrons. The Labute approximate surface area is 211 Å².